The number of para-hydroxylation sites is 1. The predicted octanol–water partition coefficient (Wildman–Crippen LogP) is 20.6. The molecule has 1 aromatic heterocycles. The summed E-state index contributed by atoms with van der Waals surface area (Å²) in [6.45, 7) is 2.45. The lowest BCUT2D eigenvalue weighted by Gasteiger charge is -2.42. The molecule has 0 amide bonds. The Morgan fingerprint density at radius 1 is 0.320 bits per heavy atom. The van der Waals surface area contributed by atoms with E-state index in [2.05, 4.69) is 315 Å². The van der Waals surface area contributed by atoms with Crippen molar-refractivity contribution in [2.24, 2.45) is 0 Å². The summed E-state index contributed by atoms with van der Waals surface area (Å²) in [5.74, 6) is 0. The Labute approximate surface area is 446 Å². The monoisotopic (exact) mass is 995 g/mol. The predicted molar refractivity (Wildman–Crippen MR) is 318 cm³/mol. The molecule has 3 heteroatoms. The second-order valence-electron chi connectivity index (χ2n) is 19.3. The first-order valence-corrected chi connectivity index (χ1v) is 28.2. The number of thiophene rings is 1. The molecule has 0 fully saturated rings. The summed E-state index contributed by atoms with van der Waals surface area (Å²) in [5, 5.41) is 0. The summed E-state index contributed by atoms with van der Waals surface area (Å²) < 4.78 is 0. The van der Waals surface area contributed by atoms with Crippen LogP contribution in [0.3, 0.4) is 0 Å². The van der Waals surface area contributed by atoms with E-state index in [1.807, 2.05) is 11.3 Å². The van der Waals surface area contributed by atoms with Gasteiger partial charge in [-0.15, -0.1) is 21.4 Å². The Morgan fingerprint density at radius 3 is 1.16 bits per heavy atom. The van der Waals surface area contributed by atoms with E-state index in [0.29, 0.717) is 0 Å². The summed E-state index contributed by atoms with van der Waals surface area (Å²) >= 11 is 1.92. The summed E-state index contributed by atoms with van der Waals surface area (Å²) in [6.07, 6.45) is 0. The quantitative estimate of drug-likeness (QED) is 0.118. The lowest BCUT2D eigenvalue weighted by Crippen LogP contribution is -2.22. The Bertz CT molecular complexity index is 3780. The molecule has 1 atom stereocenters. The summed E-state index contributed by atoms with van der Waals surface area (Å²) in [5.41, 5.74) is 16.9. The zero-order chi connectivity index (χ0) is 50.2. The third-order valence-electron chi connectivity index (χ3n) is 15.1. The summed E-state index contributed by atoms with van der Waals surface area (Å²) in [7, 11) is -1.77. The second kappa shape index (κ2) is 19.6. The minimum atomic E-state index is -1.77. The van der Waals surface area contributed by atoms with Crippen LogP contribution in [0.4, 0.5) is 17.1 Å². The van der Waals surface area contributed by atoms with Gasteiger partial charge in [0.15, 0.2) is 0 Å². The molecule has 13 rings (SSSR count). The molecule has 12 aromatic rings. The van der Waals surface area contributed by atoms with E-state index in [9.17, 15) is 0 Å². The van der Waals surface area contributed by atoms with Crippen molar-refractivity contribution in [2.45, 2.75) is 31.9 Å². The molecule has 358 valence electrons. The van der Waals surface area contributed by atoms with Crippen LogP contribution in [-0.4, -0.2) is 0 Å². The fraction of sp³-hybridized carbons (Fsp3) is 0.0278. The number of rotatable bonds is 12. The van der Waals surface area contributed by atoms with Crippen molar-refractivity contribution in [3.05, 3.63) is 320 Å². The van der Waals surface area contributed by atoms with Gasteiger partial charge >= 0.3 is 0 Å². The standard InChI is InChI=1S/C72H53NS2/c1-72(58-27-13-4-14-28-58)67-51-57(43-50-66(67)68-69(72)71(56-25-11-3-12-26-56)74-70(68)55-23-9-2-10-24-55)54-39-46-61(47-40-54)73(59-29-15-5-16-30-59)60-44-37-52(38-45-60)53-41-48-65(49-42-53)75(62-31-17-6-18-32-62,63-33-19-7-20-34-63)64-35-21-8-22-36-64/h2-51H,1H3. The summed E-state index contributed by atoms with van der Waals surface area (Å²) in [6, 6.07) is 112. The first-order chi connectivity index (χ1) is 37.1. The van der Waals surface area contributed by atoms with Gasteiger partial charge in [0, 0.05) is 57.4 Å². The van der Waals surface area contributed by atoms with Crippen molar-refractivity contribution in [3.63, 3.8) is 0 Å². The highest BCUT2D eigenvalue weighted by Crippen LogP contribution is 2.73. The number of hydrogen-bond donors (Lipinski definition) is 0. The van der Waals surface area contributed by atoms with Gasteiger partial charge in [-0.1, -0.05) is 212 Å². The smallest absolute Gasteiger partial charge is 0.0462 e. The number of fused-ring (bicyclic) bond motifs is 3. The van der Waals surface area contributed by atoms with Crippen LogP contribution in [0.25, 0.3) is 54.3 Å². The lowest BCUT2D eigenvalue weighted by atomic mass is 9.73. The second-order valence-corrected chi connectivity index (χ2v) is 23.5. The molecule has 0 saturated carbocycles. The average molecular weight is 996 g/mol. The van der Waals surface area contributed by atoms with Gasteiger partial charge in [0.1, 0.15) is 0 Å². The molecule has 0 spiro atoms. The number of anilines is 3. The Morgan fingerprint density at radius 2 is 0.680 bits per heavy atom. The SMILES string of the molecule is CC1(c2ccccc2)c2cc(-c3ccc(N(c4ccccc4)c4ccc(-c5ccc(S(c6ccccc6)(c6ccccc6)c6ccccc6)cc5)cc4)cc3)ccc2-c2c(-c3ccccc3)sc(-c3ccccc3)c21. The van der Waals surface area contributed by atoms with Gasteiger partial charge in [-0.2, -0.15) is 0 Å². The molecule has 0 N–H and O–H groups in total. The molecule has 75 heavy (non-hydrogen) atoms. The Balaban J connectivity index is 0.851. The maximum atomic E-state index is 2.47. The van der Waals surface area contributed by atoms with E-state index in [0.717, 1.165) is 17.1 Å². The molecule has 1 unspecified atom stereocenters. The van der Waals surface area contributed by atoms with Gasteiger partial charge in [-0.3, -0.25) is 0 Å². The zero-order valence-corrected chi connectivity index (χ0v) is 43.3. The molecule has 1 heterocycles. The highest BCUT2D eigenvalue weighted by molar-refractivity contribution is 8.34. The molecule has 1 aliphatic rings. The Hall–Kier alpha value is -8.73. The van der Waals surface area contributed by atoms with Gasteiger partial charge in [-0.25, -0.2) is 0 Å². The van der Waals surface area contributed by atoms with Crippen molar-refractivity contribution >= 4 is 38.4 Å². The van der Waals surface area contributed by atoms with E-state index in [1.165, 1.54) is 90.5 Å². The number of nitrogens with zero attached hydrogens (tertiary/aromatic N) is 1. The van der Waals surface area contributed by atoms with Crippen LogP contribution < -0.4 is 4.90 Å². The van der Waals surface area contributed by atoms with Crippen LogP contribution in [-0.2, 0) is 5.41 Å². The Kier molecular flexibility index (Phi) is 12.0. The van der Waals surface area contributed by atoms with Crippen LogP contribution in [0.15, 0.2) is 323 Å². The first-order valence-electron chi connectivity index (χ1n) is 25.7. The van der Waals surface area contributed by atoms with Gasteiger partial charge in [0.05, 0.1) is 0 Å². The van der Waals surface area contributed by atoms with E-state index < -0.39 is 10.0 Å². The third kappa shape index (κ3) is 8.04. The molecule has 1 nitrogen and oxygen atoms in total. The van der Waals surface area contributed by atoms with Crippen LogP contribution in [0.1, 0.15) is 23.6 Å². The van der Waals surface area contributed by atoms with E-state index >= 15 is 0 Å². The summed E-state index contributed by atoms with van der Waals surface area (Å²) in [4.78, 5) is 10.3. The molecule has 0 saturated heterocycles. The van der Waals surface area contributed by atoms with Crippen molar-refractivity contribution in [3.8, 4) is 54.3 Å². The van der Waals surface area contributed by atoms with Crippen LogP contribution >= 0.6 is 21.4 Å². The van der Waals surface area contributed by atoms with Gasteiger partial charge in [0.2, 0.25) is 0 Å². The highest BCUT2D eigenvalue weighted by Gasteiger charge is 2.46. The third-order valence-corrected chi connectivity index (χ3v) is 20.3. The lowest BCUT2D eigenvalue weighted by molar-refractivity contribution is 0.718. The fourth-order valence-corrected chi connectivity index (χ4v) is 16.8. The van der Waals surface area contributed by atoms with Gasteiger partial charge in [0.25, 0.3) is 0 Å². The van der Waals surface area contributed by atoms with Crippen LogP contribution in [0.5, 0.6) is 0 Å². The maximum absolute atomic E-state index is 2.47. The fourth-order valence-electron chi connectivity index (χ4n) is 11.5. The van der Waals surface area contributed by atoms with Crippen molar-refractivity contribution in [2.75, 3.05) is 4.90 Å². The average Bonchev–Trinajstić information content (AvgIpc) is 4.03. The molecule has 0 radical (unpaired) electrons. The molecule has 0 bridgehead atoms. The highest BCUT2D eigenvalue weighted by atomic mass is 32.3. The number of hydrogen-bond acceptors (Lipinski definition) is 2. The van der Waals surface area contributed by atoms with Gasteiger partial charge in [-0.05, 0) is 154 Å². The maximum Gasteiger partial charge on any atom is 0.0462 e. The van der Waals surface area contributed by atoms with Crippen LogP contribution in [0.2, 0.25) is 0 Å². The van der Waals surface area contributed by atoms with Crippen molar-refractivity contribution in [1.29, 1.82) is 0 Å². The van der Waals surface area contributed by atoms with Crippen molar-refractivity contribution in [1.82, 2.24) is 0 Å². The van der Waals surface area contributed by atoms with E-state index in [1.54, 1.807) is 0 Å². The van der Waals surface area contributed by atoms with Gasteiger partial charge < -0.3 is 4.90 Å². The van der Waals surface area contributed by atoms with E-state index in [4.69, 9.17) is 0 Å². The van der Waals surface area contributed by atoms with Crippen LogP contribution in [0, 0.1) is 0 Å². The molecule has 1 aliphatic carbocycles. The topological polar surface area (TPSA) is 3.24 Å². The molecular formula is C72H53NS2. The molecular weight excluding hydrogens is 943 g/mol. The minimum absolute atomic E-state index is 0.382. The molecule has 11 aromatic carbocycles. The molecule has 0 aliphatic heterocycles. The zero-order valence-electron chi connectivity index (χ0n) is 41.6. The normalized spacial score (nSPS) is 13.9. The minimum Gasteiger partial charge on any atom is -0.311 e. The first kappa shape index (κ1) is 46.1. The van der Waals surface area contributed by atoms with E-state index in [-0.39, 0.29) is 5.41 Å². The number of benzene rings is 11. The van der Waals surface area contributed by atoms with Crippen molar-refractivity contribution < 1.29 is 0 Å². The largest absolute Gasteiger partial charge is 0.311 e.